The third-order valence-electron chi connectivity index (χ3n) is 3.13. The Labute approximate surface area is 97.8 Å². The van der Waals surface area contributed by atoms with Crippen molar-refractivity contribution in [2.24, 2.45) is 5.73 Å². The number of benzene rings is 1. The van der Waals surface area contributed by atoms with Crippen molar-refractivity contribution in [1.82, 2.24) is 4.90 Å². The molecule has 1 atom stereocenters. The third kappa shape index (κ3) is 3.19. The predicted molar refractivity (Wildman–Crippen MR) is 68.2 cm³/mol. The fourth-order valence-electron chi connectivity index (χ4n) is 2.08. The third-order valence-corrected chi connectivity index (χ3v) is 3.13. The van der Waals surface area contributed by atoms with Gasteiger partial charge in [0, 0.05) is 25.7 Å². The van der Waals surface area contributed by atoms with E-state index in [1.165, 1.54) is 18.5 Å². The lowest BCUT2D eigenvalue weighted by molar-refractivity contribution is 0.286. The van der Waals surface area contributed by atoms with Gasteiger partial charge in [-0.05, 0) is 18.4 Å². The van der Waals surface area contributed by atoms with Crippen LogP contribution in [-0.4, -0.2) is 24.5 Å². The molecular formula is C14H20N2. The number of nitrogens with two attached hydrogens (primary N) is 1. The van der Waals surface area contributed by atoms with Gasteiger partial charge in [-0.1, -0.05) is 42.5 Å². The van der Waals surface area contributed by atoms with Crippen molar-refractivity contribution in [1.29, 1.82) is 0 Å². The molecule has 2 rings (SSSR count). The Morgan fingerprint density at radius 3 is 2.69 bits per heavy atom. The van der Waals surface area contributed by atoms with Gasteiger partial charge in [-0.2, -0.15) is 0 Å². The van der Waals surface area contributed by atoms with Gasteiger partial charge in [-0.3, -0.25) is 4.90 Å². The second kappa shape index (κ2) is 5.83. The van der Waals surface area contributed by atoms with Crippen molar-refractivity contribution in [3.63, 3.8) is 0 Å². The molecule has 1 unspecified atom stereocenters. The van der Waals surface area contributed by atoms with E-state index in [0.717, 1.165) is 19.5 Å². The Balaban J connectivity index is 1.79. The SMILES string of the molecule is NC(CCN1CC=CCC1)c1ccccc1. The highest BCUT2D eigenvalue weighted by atomic mass is 15.1. The van der Waals surface area contributed by atoms with Crippen LogP contribution < -0.4 is 5.73 Å². The molecule has 0 spiro atoms. The standard InChI is InChI=1S/C14H20N2/c15-14(13-7-3-1-4-8-13)9-12-16-10-5-2-6-11-16/h1-5,7-8,14H,6,9-12,15H2. The maximum absolute atomic E-state index is 6.17. The van der Waals surface area contributed by atoms with Gasteiger partial charge in [0.15, 0.2) is 0 Å². The molecule has 1 aromatic rings. The van der Waals surface area contributed by atoms with Crippen molar-refractivity contribution in [2.45, 2.75) is 18.9 Å². The Morgan fingerprint density at radius 2 is 2.00 bits per heavy atom. The van der Waals surface area contributed by atoms with Crippen LogP contribution in [-0.2, 0) is 0 Å². The summed E-state index contributed by atoms with van der Waals surface area (Å²) in [7, 11) is 0. The van der Waals surface area contributed by atoms with E-state index in [1.807, 2.05) is 6.07 Å². The molecule has 1 heterocycles. The normalized spacial score (nSPS) is 18.6. The van der Waals surface area contributed by atoms with Crippen LogP contribution in [0, 0.1) is 0 Å². The van der Waals surface area contributed by atoms with E-state index >= 15 is 0 Å². The molecule has 0 aliphatic carbocycles. The van der Waals surface area contributed by atoms with Crippen LogP contribution in [0.25, 0.3) is 0 Å². The molecule has 16 heavy (non-hydrogen) atoms. The molecule has 2 nitrogen and oxygen atoms in total. The van der Waals surface area contributed by atoms with Crippen LogP contribution in [0.2, 0.25) is 0 Å². The average Bonchev–Trinajstić information content (AvgIpc) is 2.38. The summed E-state index contributed by atoms with van der Waals surface area (Å²) in [6.07, 6.45) is 6.73. The van der Waals surface area contributed by atoms with Crippen molar-refractivity contribution >= 4 is 0 Å². The number of rotatable bonds is 4. The molecule has 0 fully saturated rings. The fraction of sp³-hybridized carbons (Fsp3) is 0.429. The number of hydrogen-bond donors (Lipinski definition) is 1. The number of hydrogen-bond acceptors (Lipinski definition) is 2. The van der Waals surface area contributed by atoms with Gasteiger partial charge < -0.3 is 5.73 Å². The summed E-state index contributed by atoms with van der Waals surface area (Å²) in [6.45, 7) is 3.36. The van der Waals surface area contributed by atoms with Crippen LogP contribution in [0.1, 0.15) is 24.4 Å². The van der Waals surface area contributed by atoms with E-state index in [1.54, 1.807) is 0 Å². The van der Waals surface area contributed by atoms with E-state index in [4.69, 9.17) is 5.73 Å². The molecule has 0 bridgehead atoms. The zero-order valence-electron chi connectivity index (χ0n) is 9.68. The van der Waals surface area contributed by atoms with Crippen LogP contribution in [0.5, 0.6) is 0 Å². The first-order valence-corrected chi connectivity index (χ1v) is 6.04. The summed E-state index contributed by atoms with van der Waals surface area (Å²) in [5.41, 5.74) is 7.41. The van der Waals surface area contributed by atoms with Crippen molar-refractivity contribution in [2.75, 3.05) is 19.6 Å². The first-order chi connectivity index (χ1) is 7.86. The lowest BCUT2D eigenvalue weighted by Gasteiger charge is -2.24. The molecule has 0 aromatic heterocycles. The molecular weight excluding hydrogens is 196 g/mol. The summed E-state index contributed by atoms with van der Waals surface area (Å²) in [5.74, 6) is 0. The van der Waals surface area contributed by atoms with E-state index in [-0.39, 0.29) is 6.04 Å². The Bertz CT molecular complexity index is 332. The van der Waals surface area contributed by atoms with Crippen molar-refractivity contribution in [3.8, 4) is 0 Å². The maximum atomic E-state index is 6.17. The molecule has 0 amide bonds. The average molecular weight is 216 g/mol. The van der Waals surface area contributed by atoms with Crippen molar-refractivity contribution < 1.29 is 0 Å². The van der Waals surface area contributed by atoms with Gasteiger partial charge in [-0.25, -0.2) is 0 Å². The lowest BCUT2D eigenvalue weighted by Crippen LogP contribution is -2.30. The second-order valence-electron chi connectivity index (χ2n) is 4.37. The summed E-state index contributed by atoms with van der Waals surface area (Å²) < 4.78 is 0. The molecule has 2 heteroatoms. The van der Waals surface area contributed by atoms with Gasteiger partial charge in [0.25, 0.3) is 0 Å². The second-order valence-corrected chi connectivity index (χ2v) is 4.37. The zero-order valence-corrected chi connectivity index (χ0v) is 9.68. The van der Waals surface area contributed by atoms with Gasteiger partial charge in [0.1, 0.15) is 0 Å². The van der Waals surface area contributed by atoms with Crippen LogP contribution in [0.15, 0.2) is 42.5 Å². The van der Waals surface area contributed by atoms with E-state index in [0.29, 0.717) is 0 Å². The molecule has 1 aliphatic heterocycles. The van der Waals surface area contributed by atoms with Crippen LogP contribution in [0.3, 0.4) is 0 Å². The summed E-state index contributed by atoms with van der Waals surface area (Å²) in [6, 6.07) is 10.5. The highest BCUT2D eigenvalue weighted by Gasteiger charge is 2.09. The zero-order chi connectivity index (χ0) is 11.2. The smallest absolute Gasteiger partial charge is 0.0307 e. The number of nitrogens with zero attached hydrogens (tertiary/aromatic N) is 1. The summed E-state index contributed by atoms with van der Waals surface area (Å²) in [4.78, 5) is 2.46. The first kappa shape index (κ1) is 11.4. The van der Waals surface area contributed by atoms with Gasteiger partial charge >= 0.3 is 0 Å². The highest BCUT2D eigenvalue weighted by Crippen LogP contribution is 2.14. The van der Waals surface area contributed by atoms with E-state index in [9.17, 15) is 0 Å². The summed E-state index contributed by atoms with van der Waals surface area (Å²) >= 11 is 0. The van der Waals surface area contributed by atoms with Gasteiger partial charge in [-0.15, -0.1) is 0 Å². The fourth-order valence-corrected chi connectivity index (χ4v) is 2.08. The molecule has 0 radical (unpaired) electrons. The minimum atomic E-state index is 0.173. The van der Waals surface area contributed by atoms with Gasteiger partial charge in [0.05, 0.1) is 0 Å². The highest BCUT2D eigenvalue weighted by molar-refractivity contribution is 5.18. The van der Waals surface area contributed by atoms with Crippen LogP contribution in [0.4, 0.5) is 0 Å². The molecule has 1 aromatic carbocycles. The van der Waals surface area contributed by atoms with Crippen LogP contribution >= 0.6 is 0 Å². The summed E-state index contributed by atoms with van der Waals surface area (Å²) in [5, 5.41) is 0. The molecule has 1 aliphatic rings. The molecule has 2 N–H and O–H groups in total. The monoisotopic (exact) mass is 216 g/mol. The Hall–Kier alpha value is -1.12. The minimum absolute atomic E-state index is 0.173. The first-order valence-electron chi connectivity index (χ1n) is 6.04. The molecule has 0 saturated carbocycles. The van der Waals surface area contributed by atoms with Gasteiger partial charge in [0.2, 0.25) is 0 Å². The maximum Gasteiger partial charge on any atom is 0.0307 e. The Kier molecular flexibility index (Phi) is 4.14. The van der Waals surface area contributed by atoms with Crippen molar-refractivity contribution in [3.05, 3.63) is 48.0 Å². The topological polar surface area (TPSA) is 29.3 Å². The lowest BCUT2D eigenvalue weighted by atomic mass is 10.0. The molecule has 0 saturated heterocycles. The predicted octanol–water partition coefficient (Wildman–Crippen LogP) is 2.34. The quantitative estimate of drug-likeness (QED) is 0.783. The Morgan fingerprint density at radius 1 is 1.19 bits per heavy atom. The van der Waals surface area contributed by atoms with E-state index in [2.05, 4.69) is 41.3 Å². The van der Waals surface area contributed by atoms with E-state index < -0.39 is 0 Å². The largest absolute Gasteiger partial charge is 0.324 e. The minimum Gasteiger partial charge on any atom is -0.324 e. The molecule has 86 valence electrons.